The molecule has 2 aliphatic rings. The zero-order valence-electron chi connectivity index (χ0n) is 10.4. The van der Waals surface area contributed by atoms with Gasteiger partial charge in [0.05, 0.1) is 4.92 Å². The van der Waals surface area contributed by atoms with E-state index in [9.17, 15) is 10.1 Å². The number of likely N-dealkylation sites (N-methyl/N-ethyl adjacent to an activating group) is 1. The zero-order valence-corrected chi connectivity index (χ0v) is 10.4. The molecule has 0 aromatic rings. The summed E-state index contributed by atoms with van der Waals surface area (Å²) in [5.41, 5.74) is 0.335. The van der Waals surface area contributed by atoms with Crippen molar-refractivity contribution >= 4 is 0 Å². The third-order valence-electron chi connectivity index (χ3n) is 3.28. The van der Waals surface area contributed by atoms with E-state index >= 15 is 0 Å². The Hall–Kier alpha value is -1.30. The fourth-order valence-corrected chi connectivity index (χ4v) is 2.48. The Morgan fingerprint density at radius 1 is 1.53 bits per heavy atom. The van der Waals surface area contributed by atoms with E-state index in [0.29, 0.717) is 25.1 Å². The highest BCUT2D eigenvalue weighted by Gasteiger charge is 2.40. The van der Waals surface area contributed by atoms with Crippen LogP contribution in [0, 0.1) is 10.1 Å². The summed E-state index contributed by atoms with van der Waals surface area (Å²) in [7, 11) is 1.90. The van der Waals surface area contributed by atoms with Crippen LogP contribution in [0.5, 0.6) is 0 Å². The first-order chi connectivity index (χ1) is 8.15. The molecule has 0 spiro atoms. The highest BCUT2D eigenvalue weighted by Crippen LogP contribution is 2.32. The number of nitrogens with zero attached hydrogens (tertiary/aromatic N) is 3. The van der Waals surface area contributed by atoms with Crippen molar-refractivity contribution in [2.75, 3.05) is 26.7 Å². The molecule has 0 radical (unpaired) electrons. The maximum Gasteiger partial charge on any atom is 0.286 e. The smallest absolute Gasteiger partial charge is 0.286 e. The molecule has 1 atom stereocenters. The summed E-state index contributed by atoms with van der Waals surface area (Å²) in [6.45, 7) is 4.43. The lowest BCUT2D eigenvalue weighted by molar-refractivity contribution is -0.433. The lowest BCUT2D eigenvalue weighted by Gasteiger charge is -2.33. The Balaban J connectivity index is 2.20. The first kappa shape index (κ1) is 12.2. The molecule has 0 bridgehead atoms. The summed E-state index contributed by atoms with van der Waals surface area (Å²) in [4.78, 5) is 14.8. The van der Waals surface area contributed by atoms with E-state index in [2.05, 4.69) is 6.92 Å². The molecule has 0 aromatic heterocycles. The summed E-state index contributed by atoms with van der Waals surface area (Å²) < 4.78 is 5.76. The number of hydrogen-bond acceptors (Lipinski definition) is 5. The molecule has 96 valence electrons. The fourth-order valence-electron chi connectivity index (χ4n) is 2.48. The second-order valence-electron chi connectivity index (χ2n) is 4.51. The summed E-state index contributed by atoms with van der Waals surface area (Å²) in [6.07, 6.45) is 2.20. The van der Waals surface area contributed by atoms with E-state index in [1.165, 1.54) is 0 Å². The van der Waals surface area contributed by atoms with Gasteiger partial charge in [-0.05, 0) is 6.42 Å². The second-order valence-corrected chi connectivity index (χ2v) is 4.51. The van der Waals surface area contributed by atoms with E-state index in [1.807, 2.05) is 16.8 Å². The van der Waals surface area contributed by atoms with Crippen LogP contribution in [0.15, 0.2) is 11.5 Å². The van der Waals surface area contributed by atoms with Crippen LogP contribution in [-0.4, -0.2) is 47.7 Å². The van der Waals surface area contributed by atoms with Crippen LogP contribution in [0.3, 0.4) is 0 Å². The normalized spacial score (nSPS) is 24.2. The summed E-state index contributed by atoms with van der Waals surface area (Å²) >= 11 is 0. The van der Waals surface area contributed by atoms with Gasteiger partial charge in [-0.1, -0.05) is 6.92 Å². The Morgan fingerprint density at radius 2 is 2.29 bits per heavy atom. The van der Waals surface area contributed by atoms with E-state index in [4.69, 9.17) is 4.74 Å². The molecule has 1 fully saturated rings. The SMILES string of the molecule is CCCOC1CCC([N+](=O)[O-])=C2N(C)CCN21. The highest BCUT2D eigenvalue weighted by atomic mass is 16.6. The van der Waals surface area contributed by atoms with Gasteiger partial charge in [0.15, 0.2) is 5.82 Å². The molecule has 0 amide bonds. The van der Waals surface area contributed by atoms with Crippen molar-refractivity contribution in [3.63, 3.8) is 0 Å². The Bertz CT molecular complexity index is 343. The van der Waals surface area contributed by atoms with Crippen LogP contribution in [0.4, 0.5) is 0 Å². The Kier molecular flexibility index (Phi) is 3.51. The maximum absolute atomic E-state index is 11.0. The molecule has 6 nitrogen and oxygen atoms in total. The molecule has 0 saturated carbocycles. The van der Waals surface area contributed by atoms with Gasteiger partial charge in [-0.25, -0.2) is 0 Å². The van der Waals surface area contributed by atoms with E-state index in [-0.39, 0.29) is 11.2 Å². The van der Waals surface area contributed by atoms with Crippen molar-refractivity contribution in [2.45, 2.75) is 32.4 Å². The van der Waals surface area contributed by atoms with Crippen LogP contribution in [0.25, 0.3) is 0 Å². The third-order valence-corrected chi connectivity index (χ3v) is 3.28. The first-order valence-electron chi connectivity index (χ1n) is 6.12. The van der Waals surface area contributed by atoms with Crippen molar-refractivity contribution in [2.24, 2.45) is 0 Å². The molecule has 1 saturated heterocycles. The van der Waals surface area contributed by atoms with E-state index in [1.54, 1.807) is 0 Å². The van der Waals surface area contributed by atoms with Gasteiger partial charge >= 0.3 is 0 Å². The molecule has 1 unspecified atom stereocenters. The van der Waals surface area contributed by atoms with Gasteiger partial charge in [-0.15, -0.1) is 0 Å². The van der Waals surface area contributed by atoms with E-state index in [0.717, 1.165) is 25.3 Å². The fraction of sp³-hybridized carbons (Fsp3) is 0.818. The van der Waals surface area contributed by atoms with Gasteiger partial charge in [0.25, 0.3) is 5.70 Å². The summed E-state index contributed by atoms with van der Waals surface area (Å²) in [6, 6.07) is 0. The molecule has 2 rings (SSSR count). The predicted octanol–water partition coefficient (Wildman–Crippen LogP) is 1.23. The molecule has 6 heteroatoms. The van der Waals surface area contributed by atoms with Gasteiger partial charge in [0.1, 0.15) is 6.23 Å². The summed E-state index contributed by atoms with van der Waals surface area (Å²) in [5, 5.41) is 11.0. The van der Waals surface area contributed by atoms with Crippen LogP contribution in [0.2, 0.25) is 0 Å². The van der Waals surface area contributed by atoms with Crippen molar-refractivity contribution < 1.29 is 9.66 Å². The predicted molar refractivity (Wildman–Crippen MR) is 62.6 cm³/mol. The van der Waals surface area contributed by atoms with Crippen molar-refractivity contribution in [1.82, 2.24) is 9.80 Å². The summed E-state index contributed by atoms with van der Waals surface area (Å²) in [5.74, 6) is 0.752. The number of rotatable bonds is 4. The van der Waals surface area contributed by atoms with Crippen molar-refractivity contribution in [3.05, 3.63) is 21.6 Å². The molecule has 17 heavy (non-hydrogen) atoms. The molecule has 0 N–H and O–H groups in total. The Labute approximate surface area is 101 Å². The number of fused-ring (bicyclic) bond motifs is 1. The standard InChI is InChI=1S/C11H19N3O3/c1-3-8-17-10-5-4-9(14(15)16)11-12(2)6-7-13(10)11/h10H,3-8H2,1-2H3. The van der Waals surface area contributed by atoms with Crippen molar-refractivity contribution in [1.29, 1.82) is 0 Å². The van der Waals surface area contributed by atoms with Crippen LogP contribution < -0.4 is 0 Å². The van der Waals surface area contributed by atoms with E-state index < -0.39 is 0 Å². The Morgan fingerprint density at radius 3 is 2.94 bits per heavy atom. The minimum atomic E-state index is -0.250. The number of ether oxygens (including phenoxy) is 1. The molecule has 2 aliphatic heterocycles. The molecular weight excluding hydrogens is 222 g/mol. The molecule has 2 heterocycles. The van der Waals surface area contributed by atoms with Crippen LogP contribution in [-0.2, 0) is 4.74 Å². The van der Waals surface area contributed by atoms with Gasteiger partial charge in [0, 0.05) is 39.6 Å². The van der Waals surface area contributed by atoms with Gasteiger partial charge in [-0.3, -0.25) is 10.1 Å². The number of nitro groups is 1. The van der Waals surface area contributed by atoms with Crippen LogP contribution >= 0.6 is 0 Å². The van der Waals surface area contributed by atoms with Crippen LogP contribution in [0.1, 0.15) is 26.2 Å². The lowest BCUT2D eigenvalue weighted by Crippen LogP contribution is -2.40. The van der Waals surface area contributed by atoms with Gasteiger partial charge in [0.2, 0.25) is 0 Å². The van der Waals surface area contributed by atoms with Crippen molar-refractivity contribution in [3.8, 4) is 0 Å². The maximum atomic E-state index is 11.0. The highest BCUT2D eigenvalue weighted by molar-refractivity contribution is 5.14. The monoisotopic (exact) mass is 241 g/mol. The first-order valence-corrected chi connectivity index (χ1v) is 6.12. The largest absolute Gasteiger partial charge is 0.358 e. The number of hydrogen-bond donors (Lipinski definition) is 0. The third kappa shape index (κ3) is 2.22. The van der Waals surface area contributed by atoms with Gasteiger partial charge < -0.3 is 14.5 Å². The minimum absolute atomic E-state index is 0.0126. The average molecular weight is 241 g/mol. The average Bonchev–Trinajstić information content (AvgIpc) is 2.69. The molecular formula is C11H19N3O3. The molecule has 0 aromatic carbocycles. The number of allylic oxidation sites excluding steroid dienone is 1. The zero-order chi connectivity index (χ0) is 12.4. The lowest BCUT2D eigenvalue weighted by atomic mass is 10.1. The minimum Gasteiger partial charge on any atom is -0.358 e. The quantitative estimate of drug-likeness (QED) is 0.547. The van der Waals surface area contributed by atoms with Gasteiger partial charge in [-0.2, -0.15) is 0 Å². The molecule has 0 aliphatic carbocycles. The second kappa shape index (κ2) is 4.91. The topological polar surface area (TPSA) is 58.9 Å².